The molecule has 0 aliphatic carbocycles. The van der Waals surface area contributed by atoms with Crippen LogP contribution in [0.25, 0.3) is 0 Å². The van der Waals surface area contributed by atoms with Gasteiger partial charge in [0.05, 0.1) is 0 Å². The summed E-state index contributed by atoms with van der Waals surface area (Å²) < 4.78 is 24.9. The van der Waals surface area contributed by atoms with E-state index in [4.69, 9.17) is 5.11 Å². The number of aromatic carboxylic acids is 1. The number of nitrogens with zero attached hydrogens (tertiary/aromatic N) is 2. The highest BCUT2D eigenvalue weighted by Crippen LogP contribution is 2.29. The molecule has 0 aliphatic heterocycles. The molecule has 1 aromatic heterocycles. The Morgan fingerprint density at radius 2 is 2.19 bits per heavy atom. The first-order valence-corrected chi connectivity index (χ1v) is 4.78. The first kappa shape index (κ1) is 12.7. The van der Waals surface area contributed by atoms with Crippen LogP contribution in [0, 0.1) is 13.8 Å². The molecule has 9 heteroatoms. The van der Waals surface area contributed by atoms with Gasteiger partial charge in [0.2, 0.25) is 3.70 Å². The molecular formula is C7H3F2IN2O4. The molecule has 1 rings (SSSR count). The van der Waals surface area contributed by atoms with E-state index in [9.17, 15) is 23.7 Å². The van der Waals surface area contributed by atoms with Gasteiger partial charge in [0.15, 0.2) is 5.56 Å². The largest absolute Gasteiger partial charge is 0.477 e. The molecule has 0 saturated heterocycles. The van der Waals surface area contributed by atoms with E-state index >= 15 is 0 Å². The Bertz CT molecular complexity index is 466. The van der Waals surface area contributed by atoms with Crippen molar-refractivity contribution in [2.75, 3.05) is 0 Å². The fourth-order valence-electron chi connectivity index (χ4n) is 1.04. The number of rotatable bonds is 3. The lowest BCUT2D eigenvalue weighted by atomic mass is 10.1. The maximum atomic E-state index is 12.5. The standard InChI is InChI=1S/C7H3F2IN2O4/c8-5(9)2-1-3(10)11-6(12(15)16)4(2)7(13)14/h1,5H,(H,13,14). The summed E-state index contributed by atoms with van der Waals surface area (Å²) in [5.41, 5.74) is -1.97. The summed E-state index contributed by atoms with van der Waals surface area (Å²) in [6.45, 7) is 0. The van der Waals surface area contributed by atoms with Crippen LogP contribution in [0.15, 0.2) is 6.07 Å². The van der Waals surface area contributed by atoms with Crippen molar-refractivity contribution in [1.82, 2.24) is 4.98 Å². The molecule has 0 aliphatic rings. The van der Waals surface area contributed by atoms with Crippen LogP contribution in [0.2, 0.25) is 0 Å². The van der Waals surface area contributed by atoms with E-state index in [1.54, 1.807) is 0 Å². The number of pyridine rings is 1. The quantitative estimate of drug-likeness (QED) is 0.393. The highest BCUT2D eigenvalue weighted by Gasteiger charge is 2.30. The van der Waals surface area contributed by atoms with Gasteiger partial charge in [-0.1, -0.05) is 0 Å². The molecule has 16 heavy (non-hydrogen) atoms. The lowest BCUT2D eigenvalue weighted by molar-refractivity contribution is -0.390. The van der Waals surface area contributed by atoms with Crippen LogP contribution in [0.1, 0.15) is 22.3 Å². The summed E-state index contributed by atoms with van der Waals surface area (Å²) in [5, 5.41) is 19.1. The lowest BCUT2D eigenvalue weighted by Crippen LogP contribution is -2.10. The maximum absolute atomic E-state index is 12.5. The average Bonchev–Trinajstić information content (AvgIpc) is 2.15. The van der Waals surface area contributed by atoms with Crippen molar-refractivity contribution in [2.45, 2.75) is 6.43 Å². The van der Waals surface area contributed by atoms with E-state index in [0.29, 0.717) is 0 Å². The fourth-order valence-corrected chi connectivity index (χ4v) is 1.61. The van der Waals surface area contributed by atoms with Crippen LogP contribution in [0.3, 0.4) is 0 Å². The summed E-state index contributed by atoms with van der Waals surface area (Å²) in [6.07, 6.45) is -3.11. The number of carbonyl (C=O) groups is 1. The third kappa shape index (κ3) is 2.40. The van der Waals surface area contributed by atoms with Crippen LogP contribution < -0.4 is 0 Å². The molecule has 0 bridgehead atoms. The summed E-state index contributed by atoms with van der Waals surface area (Å²) in [6, 6.07) is 0.807. The summed E-state index contributed by atoms with van der Waals surface area (Å²) in [5.74, 6) is -2.87. The van der Waals surface area contributed by atoms with E-state index in [1.807, 2.05) is 0 Å². The number of nitro groups is 1. The molecule has 0 aromatic carbocycles. The zero-order chi connectivity index (χ0) is 12.5. The van der Waals surface area contributed by atoms with E-state index in [0.717, 1.165) is 6.07 Å². The molecule has 0 saturated carbocycles. The summed E-state index contributed by atoms with van der Waals surface area (Å²) in [4.78, 5) is 23.4. The van der Waals surface area contributed by atoms with Gasteiger partial charge in [-0.25, -0.2) is 13.6 Å². The number of halogens is 3. The first-order valence-electron chi connectivity index (χ1n) is 3.71. The van der Waals surface area contributed by atoms with Crippen LogP contribution >= 0.6 is 22.6 Å². The van der Waals surface area contributed by atoms with Crippen molar-refractivity contribution in [2.24, 2.45) is 0 Å². The van der Waals surface area contributed by atoms with Gasteiger partial charge in [0.1, 0.15) is 0 Å². The minimum atomic E-state index is -3.11. The lowest BCUT2D eigenvalue weighted by Gasteiger charge is -2.04. The molecule has 0 amide bonds. The van der Waals surface area contributed by atoms with Crippen LogP contribution in [0.4, 0.5) is 14.6 Å². The molecule has 0 unspecified atom stereocenters. The van der Waals surface area contributed by atoms with Crippen molar-refractivity contribution in [3.8, 4) is 0 Å². The second-order valence-electron chi connectivity index (χ2n) is 2.60. The minimum Gasteiger partial charge on any atom is -0.477 e. The third-order valence-electron chi connectivity index (χ3n) is 1.62. The predicted molar refractivity (Wildman–Crippen MR) is 55.5 cm³/mol. The molecule has 86 valence electrons. The van der Waals surface area contributed by atoms with E-state index in [1.165, 1.54) is 22.6 Å². The Kier molecular flexibility index (Phi) is 3.67. The van der Waals surface area contributed by atoms with Gasteiger partial charge >= 0.3 is 11.8 Å². The van der Waals surface area contributed by atoms with Gasteiger partial charge in [-0.2, -0.15) is 0 Å². The van der Waals surface area contributed by atoms with Gasteiger partial charge in [-0.15, -0.1) is 0 Å². The van der Waals surface area contributed by atoms with Gasteiger partial charge in [0.25, 0.3) is 6.43 Å². The molecular weight excluding hydrogens is 341 g/mol. The van der Waals surface area contributed by atoms with Crippen molar-refractivity contribution in [3.63, 3.8) is 0 Å². The average molecular weight is 344 g/mol. The van der Waals surface area contributed by atoms with Crippen molar-refractivity contribution in [1.29, 1.82) is 0 Å². The Hall–Kier alpha value is -1.39. The molecule has 0 fully saturated rings. The normalized spacial score (nSPS) is 10.5. The number of carboxylic acid groups (broad SMARTS) is 1. The number of alkyl halides is 2. The molecule has 1 aromatic rings. The summed E-state index contributed by atoms with van der Waals surface area (Å²) in [7, 11) is 0. The number of hydrogen-bond donors (Lipinski definition) is 1. The zero-order valence-electron chi connectivity index (χ0n) is 7.35. The molecule has 0 atom stereocenters. The molecule has 0 spiro atoms. The zero-order valence-corrected chi connectivity index (χ0v) is 9.51. The van der Waals surface area contributed by atoms with Gasteiger partial charge in [-0.3, -0.25) is 0 Å². The number of aromatic nitrogens is 1. The molecule has 6 nitrogen and oxygen atoms in total. The second kappa shape index (κ2) is 4.63. The van der Waals surface area contributed by atoms with Crippen molar-refractivity contribution < 1.29 is 23.6 Å². The van der Waals surface area contributed by atoms with Gasteiger partial charge in [-0.05, 0) is 9.91 Å². The van der Waals surface area contributed by atoms with E-state index < -0.39 is 34.3 Å². The van der Waals surface area contributed by atoms with E-state index in [2.05, 4.69) is 4.98 Å². The smallest absolute Gasteiger partial charge is 0.379 e. The van der Waals surface area contributed by atoms with Gasteiger partial charge < -0.3 is 15.2 Å². The Balaban J connectivity index is 3.60. The third-order valence-corrected chi connectivity index (χ3v) is 2.17. The van der Waals surface area contributed by atoms with Crippen LogP contribution in [0.5, 0.6) is 0 Å². The van der Waals surface area contributed by atoms with Crippen LogP contribution in [-0.4, -0.2) is 21.0 Å². The Labute approximate surface area is 101 Å². The highest BCUT2D eigenvalue weighted by molar-refractivity contribution is 14.1. The predicted octanol–water partition coefficient (Wildman–Crippen LogP) is 2.23. The summed E-state index contributed by atoms with van der Waals surface area (Å²) >= 11 is 1.50. The molecule has 1 heterocycles. The SMILES string of the molecule is O=C(O)c1c(C(F)F)cc(I)nc1[N+](=O)[O-]. The van der Waals surface area contributed by atoms with Crippen molar-refractivity contribution >= 4 is 34.4 Å². The van der Waals surface area contributed by atoms with Crippen LogP contribution in [-0.2, 0) is 0 Å². The first-order chi connectivity index (χ1) is 7.34. The number of carboxylic acids is 1. The minimum absolute atomic E-state index is 0.0652. The maximum Gasteiger partial charge on any atom is 0.379 e. The van der Waals surface area contributed by atoms with E-state index in [-0.39, 0.29) is 3.70 Å². The fraction of sp³-hybridized carbons (Fsp3) is 0.143. The Morgan fingerprint density at radius 3 is 2.56 bits per heavy atom. The topological polar surface area (TPSA) is 93.3 Å². The molecule has 1 N–H and O–H groups in total. The van der Waals surface area contributed by atoms with Crippen molar-refractivity contribution in [3.05, 3.63) is 31.0 Å². The monoisotopic (exact) mass is 344 g/mol. The van der Waals surface area contributed by atoms with Gasteiger partial charge in [0, 0.05) is 34.2 Å². The number of hydrogen-bond acceptors (Lipinski definition) is 4. The highest BCUT2D eigenvalue weighted by atomic mass is 127. The molecule has 0 radical (unpaired) electrons. The Morgan fingerprint density at radius 1 is 1.62 bits per heavy atom. The second-order valence-corrected chi connectivity index (χ2v) is 3.70.